The summed E-state index contributed by atoms with van der Waals surface area (Å²) in [6.07, 6.45) is 3.54. The van der Waals surface area contributed by atoms with Crippen LogP contribution in [-0.2, 0) is 21.2 Å². The fraction of sp³-hybridized carbons (Fsp3) is 0.300. The molecule has 2 N–H and O–H groups in total. The van der Waals surface area contributed by atoms with E-state index in [9.17, 15) is 8.42 Å². The first-order valence-electron chi connectivity index (χ1n) is 9.11. The summed E-state index contributed by atoms with van der Waals surface area (Å²) in [4.78, 5) is 3.43. The van der Waals surface area contributed by atoms with Crippen molar-refractivity contribution in [2.75, 3.05) is 19.8 Å². The standard InChI is InChI=1S/C20H21ClN2O4S/c21-15-3-8-20-19(10-15)14(11-22-20)2-1-9-23-28(24,25)18-6-4-16(5-7-18)26-12-17-13-27-17/h3-8,10-11,17,22-23H,1-2,9,12-13H2/t17-/m0/s1. The molecule has 0 aliphatic carbocycles. The fourth-order valence-electron chi connectivity index (χ4n) is 2.99. The van der Waals surface area contributed by atoms with Crippen molar-refractivity contribution >= 4 is 32.5 Å². The summed E-state index contributed by atoms with van der Waals surface area (Å²) in [7, 11) is -3.55. The average molecular weight is 421 g/mol. The molecular formula is C20H21ClN2O4S. The van der Waals surface area contributed by atoms with Crippen LogP contribution in [0.1, 0.15) is 12.0 Å². The molecule has 1 aliphatic rings. The molecule has 6 nitrogen and oxygen atoms in total. The number of sulfonamides is 1. The number of aryl methyl sites for hydroxylation is 1. The van der Waals surface area contributed by atoms with E-state index in [-0.39, 0.29) is 11.0 Å². The number of fused-ring (bicyclic) bond motifs is 1. The third kappa shape index (κ3) is 4.67. The number of ether oxygens (including phenoxy) is 2. The van der Waals surface area contributed by atoms with E-state index in [2.05, 4.69) is 9.71 Å². The van der Waals surface area contributed by atoms with Gasteiger partial charge in [-0.25, -0.2) is 13.1 Å². The Kier molecular flexibility index (Phi) is 5.59. The van der Waals surface area contributed by atoms with Crippen molar-refractivity contribution in [2.45, 2.75) is 23.8 Å². The summed E-state index contributed by atoms with van der Waals surface area (Å²) in [6, 6.07) is 12.1. The number of hydrogen-bond donors (Lipinski definition) is 2. The first-order valence-corrected chi connectivity index (χ1v) is 11.0. The van der Waals surface area contributed by atoms with Crippen LogP contribution in [-0.4, -0.2) is 39.3 Å². The van der Waals surface area contributed by atoms with E-state index < -0.39 is 10.0 Å². The normalized spacial score (nSPS) is 16.4. The molecule has 0 bridgehead atoms. The highest BCUT2D eigenvalue weighted by Crippen LogP contribution is 2.23. The Bertz CT molecular complexity index is 1060. The van der Waals surface area contributed by atoms with Gasteiger partial charge in [0.1, 0.15) is 18.5 Å². The number of benzene rings is 2. The first-order chi connectivity index (χ1) is 13.5. The van der Waals surface area contributed by atoms with E-state index in [0.717, 1.165) is 29.5 Å². The Morgan fingerprint density at radius 3 is 2.75 bits per heavy atom. The van der Waals surface area contributed by atoms with E-state index >= 15 is 0 Å². The molecule has 1 aromatic heterocycles. The third-order valence-corrected chi connectivity index (χ3v) is 6.33. The number of hydrogen-bond acceptors (Lipinski definition) is 4. The summed E-state index contributed by atoms with van der Waals surface area (Å²) >= 11 is 6.07. The molecule has 1 fully saturated rings. The number of nitrogens with one attached hydrogen (secondary N) is 2. The summed E-state index contributed by atoms with van der Waals surface area (Å²) in [6.45, 7) is 1.57. The molecule has 1 aliphatic heterocycles. The van der Waals surface area contributed by atoms with Crippen molar-refractivity contribution < 1.29 is 17.9 Å². The SMILES string of the molecule is O=S(=O)(NCCCc1c[nH]c2ccc(Cl)cc12)c1ccc(OC[C@H]2CO2)cc1. The lowest BCUT2D eigenvalue weighted by molar-refractivity contribution is 0.263. The van der Waals surface area contributed by atoms with Gasteiger partial charge in [-0.15, -0.1) is 0 Å². The van der Waals surface area contributed by atoms with Gasteiger partial charge in [0.15, 0.2) is 0 Å². The first kappa shape index (κ1) is 19.3. The van der Waals surface area contributed by atoms with Gasteiger partial charge in [0, 0.05) is 28.7 Å². The van der Waals surface area contributed by atoms with Gasteiger partial charge in [-0.1, -0.05) is 11.6 Å². The molecule has 0 unspecified atom stereocenters. The minimum atomic E-state index is -3.55. The molecule has 28 heavy (non-hydrogen) atoms. The van der Waals surface area contributed by atoms with Crippen LogP contribution >= 0.6 is 11.6 Å². The van der Waals surface area contributed by atoms with Gasteiger partial charge in [0.25, 0.3) is 0 Å². The third-order valence-electron chi connectivity index (χ3n) is 4.62. The van der Waals surface area contributed by atoms with Gasteiger partial charge in [0.2, 0.25) is 10.0 Å². The van der Waals surface area contributed by atoms with E-state index in [1.807, 2.05) is 24.4 Å². The summed E-state index contributed by atoms with van der Waals surface area (Å²) < 4.78 is 38.1. The predicted octanol–water partition coefficient (Wildman–Crippen LogP) is 3.51. The average Bonchev–Trinajstić information content (AvgIpc) is 3.44. The zero-order chi connectivity index (χ0) is 19.6. The zero-order valence-electron chi connectivity index (χ0n) is 15.2. The maximum absolute atomic E-state index is 12.4. The Labute approximate surface area is 168 Å². The number of aromatic amines is 1. The van der Waals surface area contributed by atoms with Crippen molar-refractivity contribution in [1.82, 2.24) is 9.71 Å². The molecular weight excluding hydrogens is 400 g/mol. The molecule has 148 valence electrons. The lowest BCUT2D eigenvalue weighted by Gasteiger charge is -2.08. The monoisotopic (exact) mass is 420 g/mol. The number of halogens is 1. The Morgan fingerprint density at radius 1 is 1.21 bits per heavy atom. The van der Waals surface area contributed by atoms with Crippen LogP contribution in [0.3, 0.4) is 0 Å². The molecule has 0 radical (unpaired) electrons. The number of H-pyrrole nitrogens is 1. The predicted molar refractivity (Wildman–Crippen MR) is 108 cm³/mol. The van der Waals surface area contributed by atoms with Gasteiger partial charge < -0.3 is 14.5 Å². The smallest absolute Gasteiger partial charge is 0.240 e. The van der Waals surface area contributed by atoms with Crippen LogP contribution in [0.4, 0.5) is 0 Å². The maximum Gasteiger partial charge on any atom is 0.240 e. The Hall–Kier alpha value is -2.06. The van der Waals surface area contributed by atoms with Crippen molar-refractivity contribution in [3.8, 4) is 5.75 Å². The molecule has 0 amide bonds. The molecule has 2 aromatic carbocycles. The van der Waals surface area contributed by atoms with E-state index in [1.54, 1.807) is 24.3 Å². The second kappa shape index (κ2) is 8.13. The molecule has 2 heterocycles. The van der Waals surface area contributed by atoms with E-state index in [0.29, 0.717) is 30.3 Å². The summed E-state index contributed by atoms with van der Waals surface area (Å²) in [5, 5.41) is 1.76. The summed E-state index contributed by atoms with van der Waals surface area (Å²) in [5.41, 5.74) is 2.15. The van der Waals surface area contributed by atoms with Crippen LogP contribution in [0, 0.1) is 0 Å². The molecule has 0 saturated carbocycles. The fourth-order valence-corrected chi connectivity index (χ4v) is 4.24. The van der Waals surface area contributed by atoms with Gasteiger partial charge in [-0.3, -0.25) is 0 Å². The molecule has 1 saturated heterocycles. The van der Waals surface area contributed by atoms with Crippen LogP contribution < -0.4 is 9.46 Å². The van der Waals surface area contributed by atoms with Crippen molar-refractivity contribution in [3.63, 3.8) is 0 Å². The highest BCUT2D eigenvalue weighted by Gasteiger charge is 2.23. The minimum absolute atomic E-state index is 0.165. The highest BCUT2D eigenvalue weighted by atomic mass is 35.5. The van der Waals surface area contributed by atoms with E-state index in [1.165, 1.54) is 0 Å². The number of rotatable bonds is 9. The number of epoxide rings is 1. The van der Waals surface area contributed by atoms with Gasteiger partial charge >= 0.3 is 0 Å². The van der Waals surface area contributed by atoms with Gasteiger partial charge in [-0.2, -0.15) is 0 Å². The second-order valence-corrected chi connectivity index (χ2v) is 8.95. The van der Waals surface area contributed by atoms with Crippen molar-refractivity contribution in [1.29, 1.82) is 0 Å². The van der Waals surface area contributed by atoms with Gasteiger partial charge in [0.05, 0.1) is 11.5 Å². The highest BCUT2D eigenvalue weighted by molar-refractivity contribution is 7.89. The second-order valence-electron chi connectivity index (χ2n) is 6.74. The van der Waals surface area contributed by atoms with Crippen LogP contribution in [0.25, 0.3) is 10.9 Å². The van der Waals surface area contributed by atoms with Gasteiger partial charge in [-0.05, 0) is 60.9 Å². The molecule has 3 aromatic rings. The quantitative estimate of drug-likeness (QED) is 0.410. The lowest BCUT2D eigenvalue weighted by atomic mass is 10.1. The number of aromatic nitrogens is 1. The summed E-state index contributed by atoms with van der Waals surface area (Å²) in [5.74, 6) is 0.632. The van der Waals surface area contributed by atoms with Crippen LogP contribution in [0.15, 0.2) is 53.6 Å². The molecule has 4 rings (SSSR count). The van der Waals surface area contributed by atoms with Crippen molar-refractivity contribution in [3.05, 3.63) is 59.2 Å². The lowest BCUT2D eigenvalue weighted by Crippen LogP contribution is -2.25. The largest absolute Gasteiger partial charge is 0.491 e. The Morgan fingerprint density at radius 2 is 2.00 bits per heavy atom. The molecule has 8 heteroatoms. The molecule has 0 spiro atoms. The van der Waals surface area contributed by atoms with Crippen molar-refractivity contribution in [2.24, 2.45) is 0 Å². The van der Waals surface area contributed by atoms with E-state index in [4.69, 9.17) is 21.1 Å². The minimum Gasteiger partial charge on any atom is -0.491 e. The zero-order valence-corrected chi connectivity index (χ0v) is 16.7. The Balaban J connectivity index is 1.30. The topological polar surface area (TPSA) is 83.7 Å². The van der Waals surface area contributed by atoms with Crippen LogP contribution in [0.2, 0.25) is 5.02 Å². The maximum atomic E-state index is 12.4. The molecule has 1 atom stereocenters. The van der Waals surface area contributed by atoms with Crippen LogP contribution in [0.5, 0.6) is 5.75 Å².